The van der Waals surface area contributed by atoms with Crippen LogP contribution in [0.1, 0.15) is 15.9 Å². The molecule has 104 valence electrons. The van der Waals surface area contributed by atoms with Crippen molar-refractivity contribution in [2.45, 2.75) is 5.75 Å². The van der Waals surface area contributed by atoms with Gasteiger partial charge >= 0.3 is 0 Å². The monoisotopic (exact) mass is 309 g/mol. The Morgan fingerprint density at radius 1 is 1.25 bits per heavy atom. The van der Waals surface area contributed by atoms with E-state index in [-0.39, 0.29) is 11.6 Å². The second kappa shape index (κ2) is 6.77. The first-order chi connectivity index (χ1) is 9.60. The zero-order chi connectivity index (χ0) is 14.5. The molecular weight excluding hydrogens is 297 g/mol. The van der Waals surface area contributed by atoms with Gasteiger partial charge in [-0.15, -0.1) is 0 Å². The quantitative estimate of drug-likeness (QED) is 0.894. The lowest BCUT2D eigenvalue weighted by atomic mass is 10.1. The van der Waals surface area contributed by atoms with Crippen LogP contribution in [0.2, 0.25) is 5.02 Å². The average molecular weight is 310 g/mol. The van der Waals surface area contributed by atoms with Gasteiger partial charge in [0.05, 0.1) is 5.69 Å². The summed E-state index contributed by atoms with van der Waals surface area (Å²) in [5, 5.41) is 2.89. The van der Waals surface area contributed by atoms with Crippen LogP contribution in [0.25, 0.3) is 0 Å². The molecule has 0 heterocycles. The molecule has 0 radical (unpaired) electrons. The van der Waals surface area contributed by atoms with Crippen LogP contribution in [0, 0.1) is 5.82 Å². The van der Waals surface area contributed by atoms with E-state index in [1.54, 1.807) is 23.9 Å². The lowest BCUT2D eigenvalue weighted by molar-refractivity contribution is 0.102. The maximum atomic E-state index is 13.5. The lowest BCUT2D eigenvalue weighted by Crippen LogP contribution is -2.13. The minimum atomic E-state index is -0.512. The van der Waals surface area contributed by atoms with E-state index >= 15 is 0 Å². The van der Waals surface area contributed by atoms with E-state index in [0.717, 1.165) is 11.3 Å². The highest BCUT2D eigenvalue weighted by atomic mass is 35.5. The van der Waals surface area contributed by atoms with Crippen LogP contribution in [-0.2, 0) is 5.75 Å². The molecular formula is C15H13ClFNOS. The maximum absolute atomic E-state index is 13.5. The van der Waals surface area contributed by atoms with Gasteiger partial charge < -0.3 is 5.32 Å². The van der Waals surface area contributed by atoms with E-state index in [1.807, 2.05) is 18.4 Å². The van der Waals surface area contributed by atoms with Gasteiger partial charge in [-0.05, 0) is 42.2 Å². The number of rotatable bonds is 4. The number of amides is 1. The van der Waals surface area contributed by atoms with Crippen molar-refractivity contribution in [1.29, 1.82) is 0 Å². The van der Waals surface area contributed by atoms with E-state index in [2.05, 4.69) is 5.32 Å². The Labute approximate surface area is 126 Å². The lowest BCUT2D eigenvalue weighted by Gasteiger charge is -2.07. The van der Waals surface area contributed by atoms with Crippen molar-refractivity contribution in [3.63, 3.8) is 0 Å². The number of carbonyl (C=O) groups excluding carboxylic acids is 1. The molecule has 2 rings (SSSR count). The van der Waals surface area contributed by atoms with E-state index in [0.29, 0.717) is 10.6 Å². The molecule has 1 N–H and O–H groups in total. The van der Waals surface area contributed by atoms with Gasteiger partial charge in [0.2, 0.25) is 0 Å². The number of carbonyl (C=O) groups is 1. The van der Waals surface area contributed by atoms with Crippen LogP contribution in [-0.4, -0.2) is 12.2 Å². The van der Waals surface area contributed by atoms with Gasteiger partial charge in [0.1, 0.15) is 5.82 Å². The summed E-state index contributed by atoms with van der Waals surface area (Å²) in [5.74, 6) is 0.0220. The molecule has 0 aliphatic rings. The van der Waals surface area contributed by atoms with Gasteiger partial charge in [-0.1, -0.05) is 23.7 Å². The minimum absolute atomic E-state index is 0.0793. The van der Waals surface area contributed by atoms with Gasteiger partial charge in [0.15, 0.2) is 0 Å². The third kappa shape index (κ3) is 3.74. The fraction of sp³-hybridized carbons (Fsp3) is 0.133. The fourth-order valence-electron chi connectivity index (χ4n) is 1.71. The van der Waals surface area contributed by atoms with Crippen LogP contribution in [0.4, 0.5) is 10.1 Å². The summed E-state index contributed by atoms with van der Waals surface area (Å²) >= 11 is 7.49. The van der Waals surface area contributed by atoms with Crippen molar-refractivity contribution in [2.75, 3.05) is 11.6 Å². The highest BCUT2D eigenvalue weighted by Gasteiger charge is 2.09. The Balaban J connectivity index is 2.13. The Morgan fingerprint density at radius 2 is 1.95 bits per heavy atom. The second-order valence-electron chi connectivity index (χ2n) is 4.21. The number of anilines is 1. The summed E-state index contributed by atoms with van der Waals surface area (Å²) in [6.45, 7) is 0. The molecule has 2 nitrogen and oxygen atoms in total. The highest BCUT2D eigenvalue weighted by Crippen LogP contribution is 2.20. The van der Waals surface area contributed by atoms with Crippen LogP contribution in [0.5, 0.6) is 0 Å². The molecule has 2 aromatic rings. The van der Waals surface area contributed by atoms with Crippen LogP contribution >= 0.6 is 23.4 Å². The van der Waals surface area contributed by atoms with E-state index < -0.39 is 5.82 Å². The zero-order valence-corrected chi connectivity index (χ0v) is 12.4. The Kier molecular flexibility index (Phi) is 5.04. The van der Waals surface area contributed by atoms with Gasteiger partial charge in [0.25, 0.3) is 5.91 Å². The van der Waals surface area contributed by atoms with Gasteiger partial charge in [-0.3, -0.25) is 4.79 Å². The number of hydrogen-bond donors (Lipinski definition) is 1. The average Bonchev–Trinajstić information content (AvgIpc) is 2.44. The van der Waals surface area contributed by atoms with E-state index in [4.69, 9.17) is 11.6 Å². The summed E-state index contributed by atoms with van der Waals surface area (Å²) in [5.41, 5.74) is 1.70. The smallest absolute Gasteiger partial charge is 0.255 e. The topological polar surface area (TPSA) is 29.1 Å². The van der Waals surface area contributed by atoms with E-state index in [1.165, 1.54) is 18.2 Å². The van der Waals surface area contributed by atoms with Crippen molar-refractivity contribution in [1.82, 2.24) is 0 Å². The molecule has 0 atom stereocenters. The van der Waals surface area contributed by atoms with Crippen molar-refractivity contribution in [2.24, 2.45) is 0 Å². The van der Waals surface area contributed by atoms with Crippen molar-refractivity contribution < 1.29 is 9.18 Å². The second-order valence-corrected chi connectivity index (χ2v) is 5.51. The Bertz CT molecular complexity index is 616. The molecule has 0 aliphatic heterocycles. The normalized spacial score (nSPS) is 10.3. The molecule has 20 heavy (non-hydrogen) atoms. The highest BCUT2D eigenvalue weighted by molar-refractivity contribution is 7.97. The molecule has 1 amide bonds. The molecule has 0 spiro atoms. The minimum Gasteiger partial charge on any atom is -0.319 e. The van der Waals surface area contributed by atoms with Crippen molar-refractivity contribution >= 4 is 35.0 Å². The number of thioether (sulfide) groups is 1. The molecule has 0 aliphatic carbocycles. The van der Waals surface area contributed by atoms with Crippen molar-refractivity contribution in [3.8, 4) is 0 Å². The van der Waals surface area contributed by atoms with Crippen molar-refractivity contribution in [3.05, 3.63) is 64.4 Å². The molecule has 0 fully saturated rings. The summed E-state index contributed by atoms with van der Waals surface area (Å²) in [6.07, 6.45) is 2.02. The molecule has 0 aromatic heterocycles. The third-order valence-corrected chi connectivity index (χ3v) is 3.56. The first-order valence-electron chi connectivity index (χ1n) is 5.94. The summed E-state index contributed by atoms with van der Waals surface area (Å²) in [7, 11) is 0. The molecule has 0 unspecified atom stereocenters. The van der Waals surface area contributed by atoms with E-state index in [9.17, 15) is 9.18 Å². The Hall–Kier alpha value is -1.52. The van der Waals surface area contributed by atoms with Gasteiger partial charge in [-0.25, -0.2) is 4.39 Å². The molecule has 0 bridgehead atoms. The molecule has 0 saturated carbocycles. The Morgan fingerprint density at radius 3 is 2.60 bits per heavy atom. The molecule has 0 saturated heterocycles. The molecule has 2 aromatic carbocycles. The van der Waals surface area contributed by atoms with Gasteiger partial charge in [-0.2, -0.15) is 11.8 Å². The first-order valence-corrected chi connectivity index (χ1v) is 7.71. The molecule has 5 heteroatoms. The third-order valence-electron chi connectivity index (χ3n) is 2.70. The number of nitrogens with one attached hydrogen (secondary N) is 1. The first kappa shape index (κ1) is 14.9. The summed E-state index contributed by atoms with van der Waals surface area (Å²) in [6, 6.07) is 11.3. The SMILES string of the molecule is CSCc1ccc(C(=O)Nc2cc(Cl)ccc2F)cc1. The zero-order valence-electron chi connectivity index (χ0n) is 10.8. The predicted molar refractivity (Wildman–Crippen MR) is 83.0 cm³/mol. The maximum Gasteiger partial charge on any atom is 0.255 e. The van der Waals surface area contributed by atoms with Crippen LogP contribution < -0.4 is 5.32 Å². The summed E-state index contributed by atoms with van der Waals surface area (Å²) in [4.78, 5) is 12.0. The number of halogens is 2. The number of benzene rings is 2. The fourth-order valence-corrected chi connectivity index (χ4v) is 2.40. The largest absolute Gasteiger partial charge is 0.319 e. The van der Waals surface area contributed by atoms with Crippen LogP contribution in [0.15, 0.2) is 42.5 Å². The number of hydrogen-bond acceptors (Lipinski definition) is 2. The summed E-state index contributed by atoms with van der Waals surface area (Å²) < 4.78 is 13.5. The van der Waals surface area contributed by atoms with Crippen LogP contribution in [0.3, 0.4) is 0 Å². The predicted octanol–water partition coefficient (Wildman–Crippen LogP) is 4.59. The van der Waals surface area contributed by atoms with Gasteiger partial charge in [0, 0.05) is 16.3 Å². The standard InChI is InChI=1S/C15H13ClFNOS/c1-20-9-10-2-4-11(5-3-10)15(19)18-14-8-12(16)6-7-13(14)17/h2-8H,9H2,1H3,(H,18,19).